The second-order valence-corrected chi connectivity index (χ2v) is 4.15. The van der Waals surface area contributed by atoms with Crippen molar-refractivity contribution in [3.8, 4) is 5.88 Å². The molecule has 1 N–H and O–H groups in total. The van der Waals surface area contributed by atoms with Crippen LogP contribution in [0.2, 0.25) is 5.02 Å². The summed E-state index contributed by atoms with van der Waals surface area (Å²) in [7, 11) is 3.42. The Morgan fingerprint density at radius 2 is 1.94 bits per heavy atom. The van der Waals surface area contributed by atoms with Crippen molar-refractivity contribution in [3.63, 3.8) is 0 Å². The maximum absolute atomic E-state index is 6.19. The number of rotatable bonds is 4. The predicted octanol–water partition coefficient (Wildman–Crippen LogP) is 2.45. The van der Waals surface area contributed by atoms with E-state index in [9.17, 15) is 0 Å². The maximum Gasteiger partial charge on any atom is 0.233 e. The standard InChI is InChI=1S/C13H14ClN3O/c1-15-13(9-5-3-4-6-10(9)14)11-7-8-12(18-2)17-16-11/h3-8,13,15H,1-2H3. The lowest BCUT2D eigenvalue weighted by molar-refractivity contribution is 0.390. The number of nitrogens with one attached hydrogen (secondary N) is 1. The molecule has 0 fully saturated rings. The van der Waals surface area contributed by atoms with Crippen molar-refractivity contribution in [2.45, 2.75) is 6.04 Å². The fraction of sp³-hybridized carbons (Fsp3) is 0.231. The van der Waals surface area contributed by atoms with Gasteiger partial charge < -0.3 is 10.1 Å². The summed E-state index contributed by atoms with van der Waals surface area (Å²) < 4.78 is 4.99. The molecule has 1 aromatic heterocycles. The van der Waals surface area contributed by atoms with E-state index < -0.39 is 0 Å². The molecule has 0 aliphatic heterocycles. The van der Waals surface area contributed by atoms with Gasteiger partial charge in [0.25, 0.3) is 0 Å². The minimum absolute atomic E-state index is 0.0860. The molecule has 0 amide bonds. The second-order valence-electron chi connectivity index (χ2n) is 3.74. The molecule has 5 heteroatoms. The topological polar surface area (TPSA) is 47.0 Å². The average Bonchev–Trinajstić information content (AvgIpc) is 2.42. The first kappa shape index (κ1) is 12.8. The molecular formula is C13H14ClN3O. The van der Waals surface area contributed by atoms with Gasteiger partial charge in [0.15, 0.2) is 0 Å². The van der Waals surface area contributed by atoms with Crippen LogP contribution in [0.3, 0.4) is 0 Å². The van der Waals surface area contributed by atoms with E-state index in [1.807, 2.05) is 37.4 Å². The van der Waals surface area contributed by atoms with E-state index in [0.29, 0.717) is 10.9 Å². The normalized spacial score (nSPS) is 12.2. The van der Waals surface area contributed by atoms with Gasteiger partial charge in [0, 0.05) is 11.1 Å². The Bertz CT molecular complexity index is 516. The third kappa shape index (κ3) is 2.60. The van der Waals surface area contributed by atoms with Crippen LogP contribution in [-0.4, -0.2) is 24.4 Å². The van der Waals surface area contributed by atoms with Crippen LogP contribution in [0.5, 0.6) is 5.88 Å². The molecular weight excluding hydrogens is 250 g/mol. The highest BCUT2D eigenvalue weighted by molar-refractivity contribution is 6.31. The molecule has 4 nitrogen and oxygen atoms in total. The SMILES string of the molecule is CNC(c1ccc(OC)nn1)c1ccccc1Cl. The molecule has 0 aliphatic rings. The quantitative estimate of drug-likeness (QED) is 0.920. The maximum atomic E-state index is 6.19. The van der Waals surface area contributed by atoms with Gasteiger partial charge in [-0.25, -0.2) is 0 Å². The molecule has 0 saturated heterocycles. The number of benzene rings is 1. The minimum Gasteiger partial charge on any atom is -0.480 e. The zero-order valence-electron chi connectivity index (χ0n) is 10.2. The molecule has 2 aromatic rings. The summed E-state index contributed by atoms with van der Waals surface area (Å²) >= 11 is 6.19. The average molecular weight is 264 g/mol. The lowest BCUT2D eigenvalue weighted by Gasteiger charge is -2.16. The smallest absolute Gasteiger partial charge is 0.233 e. The lowest BCUT2D eigenvalue weighted by atomic mass is 10.0. The molecule has 0 spiro atoms. The van der Waals surface area contributed by atoms with Crippen molar-refractivity contribution in [2.24, 2.45) is 0 Å². The van der Waals surface area contributed by atoms with E-state index >= 15 is 0 Å². The zero-order valence-corrected chi connectivity index (χ0v) is 11.0. The monoisotopic (exact) mass is 263 g/mol. The van der Waals surface area contributed by atoms with E-state index in [1.165, 1.54) is 0 Å². The van der Waals surface area contributed by atoms with E-state index in [4.69, 9.17) is 16.3 Å². The van der Waals surface area contributed by atoms with Gasteiger partial charge in [-0.05, 0) is 24.7 Å². The highest BCUT2D eigenvalue weighted by Gasteiger charge is 2.16. The summed E-state index contributed by atoms with van der Waals surface area (Å²) in [6.45, 7) is 0. The Balaban J connectivity index is 2.36. The Morgan fingerprint density at radius 3 is 2.50 bits per heavy atom. The summed E-state index contributed by atoms with van der Waals surface area (Å²) in [4.78, 5) is 0. The third-order valence-corrected chi connectivity index (χ3v) is 3.01. The molecule has 0 radical (unpaired) electrons. The summed E-state index contributed by atoms with van der Waals surface area (Å²) in [5.41, 5.74) is 1.77. The number of ether oxygens (including phenoxy) is 1. The Morgan fingerprint density at radius 1 is 1.17 bits per heavy atom. The largest absolute Gasteiger partial charge is 0.480 e. The van der Waals surface area contributed by atoms with Crippen LogP contribution in [0, 0.1) is 0 Å². The van der Waals surface area contributed by atoms with E-state index in [0.717, 1.165) is 11.3 Å². The second kappa shape index (κ2) is 5.80. The van der Waals surface area contributed by atoms with Gasteiger partial charge in [-0.3, -0.25) is 0 Å². The molecule has 1 atom stereocenters. The summed E-state index contributed by atoms with van der Waals surface area (Å²) in [5, 5.41) is 12.0. The van der Waals surface area contributed by atoms with Gasteiger partial charge >= 0.3 is 0 Å². The van der Waals surface area contributed by atoms with Crippen molar-refractivity contribution in [3.05, 3.63) is 52.7 Å². The predicted molar refractivity (Wildman–Crippen MR) is 70.9 cm³/mol. The summed E-state index contributed by atoms with van der Waals surface area (Å²) in [5.74, 6) is 0.493. The number of nitrogens with zero attached hydrogens (tertiary/aromatic N) is 2. The van der Waals surface area contributed by atoms with Gasteiger partial charge in [-0.15, -0.1) is 10.2 Å². The van der Waals surface area contributed by atoms with Gasteiger partial charge in [-0.2, -0.15) is 0 Å². The van der Waals surface area contributed by atoms with Crippen LogP contribution in [0.25, 0.3) is 0 Å². The number of hydrogen-bond donors (Lipinski definition) is 1. The highest BCUT2D eigenvalue weighted by Crippen LogP contribution is 2.26. The zero-order chi connectivity index (χ0) is 13.0. The van der Waals surface area contributed by atoms with Crippen molar-refractivity contribution in [2.75, 3.05) is 14.2 Å². The summed E-state index contributed by atoms with van der Waals surface area (Å²) in [6, 6.07) is 11.2. The Hall–Kier alpha value is -1.65. The van der Waals surface area contributed by atoms with Gasteiger partial charge in [0.05, 0.1) is 18.8 Å². The first-order valence-electron chi connectivity index (χ1n) is 5.55. The van der Waals surface area contributed by atoms with E-state index in [-0.39, 0.29) is 6.04 Å². The highest BCUT2D eigenvalue weighted by atomic mass is 35.5. The van der Waals surface area contributed by atoms with Crippen LogP contribution < -0.4 is 10.1 Å². The van der Waals surface area contributed by atoms with Crippen LogP contribution in [0.15, 0.2) is 36.4 Å². The van der Waals surface area contributed by atoms with Crippen LogP contribution >= 0.6 is 11.6 Å². The van der Waals surface area contributed by atoms with Crippen molar-refractivity contribution >= 4 is 11.6 Å². The molecule has 18 heavy (non-hydrogen) atoms. The Kier molecular flexibility index (Phi) is 4.12. The van der Waals surface area contributed by atoms with Gasteiger partial charge in [-0.1, -0.05) is 29.8 Å². The fourth-order valence-electron chi connectivity index (χ4n) is 1.77. The lowest BCUT2D eigenvalue weighted by Crippen LogP contribution is -2.19. The minimum atomic E-state index is -0.0860. The Labute approximate surface area is 111 Å². The van der Waals surface area contributed by atoms with Gasteiger partial charge in [0.2, 0.25) is 5.88 Å². The van der Waals surface area contributed by atoms with Crippen LogP contribution in [-0.2, 0) is 0 Å². The molecule has 1 heterocycles. The number of aromatic nitrogens is 2. The van der Waals surface area contributed by atoms with E-state index in [1.54, 1.807) is 13.2 Å². The van der Waals surface area contributed by atoms with Crippen LogP contribution in [0.4, 0.5) is 0 Å². The molecule has 0 bridgehead atoms. The first-order valence-corrected chi connectivity index (χ1v) is 5.93. The van der Waals surface area contributed by atoms with Crippen molar-refractivity contribution in [1.29, 1.82) is 0 Å². The van der Waals surface area contributed by atoms with E-state index in [2.05, 4.69) is 15.5 Å². The van der Waals surface area contributed by atoms with Crippen molar-refractivity contribution < 1.29 is 4.74 Å². The number of methoxy groups -OCH3 is 1. The number of hydrogen-bond acceptors (Lipinski definition) is 4. The molecule has 1 aromatic carbocycles. The number of halogens is 1. The molecule has 0 saturated carbocycles. The fourth-order valence-corrected chi connectivity index (χ4v) is 2.01. The van der Waals surface area contributed by atoms with Crippen LogP contribution in [0.1, 0.15) is 17.3 Å². The van der Waals surface area contributed by atoms with Gasteiger partial charge in [0.1, 0.15) is 0 Å². The molecule has 2 rings (SSSR count). The third-order valence-electron chi connectivity index (χ3n) is 2.67. The summed E-state index contributed by atoms with van der Waals surface area (Å²) in [6.07, 6.45) is 0. The van der Waals surface area contributed by atoms with Crippen molar-refractivity contribution in [1.82, 2.24) is 15.5 Å². The molecule has 1 unspecified atom stereocenters. The molecule has 0 aliphatic carbocycles. The molecule has 94 valence electrons. The first-order chi connectivity index (χ1) is 8.76.